The van der Waals surface area contributed by atoms with E-state index in [-0.39, 0.29) is 0 Å². The molecule has 0 aromatic carbocycles. The van der Waals surface area contributed by atoms with Gasteiger partial charge in [-0.1, -0.05) is 25.6 Å². The molecule has 0 aromatic rings. The quantitative estimate of drug-likeness (QED) is 0.405. The van der Waals surface area contributed by atoms with Gasteiger partial charge in [-0.2, -0.15) is 0 Å². The lowest BCUT2D eigenvalue weighted by molar-refractivity contribution is 0.247. The Bertz CT molecular complexity index is 128. The van der Waals surface area contributed by atoms with Crippen LogP contribution >= 0.6 is 19.0 Å². The maximum atomic E-state index is 10.9. The summed E-state index contributed by atoms with van der Waals surface area (Å²) in [6.07, 6.45) is 1.89. The van der Waals surface area contributed by atoms with Gasteiger partial charge in [-0.3, -0.25) is 0 Å². The van der Waals surface area contributed by atoms with Crippen LogP contribution in [0.15, 0.2) is 0 Å². The number of thiol groups is 1. The molecule has 0 rings (SSSR count). The van der Waals surface area contributed by atoms with Gasteiger partial charge < -0.3 is 9.05 Å². The normalized spacial score (nSPS) is 16.7. The molecule has 0 aliphatic rings. The average Bonchev–Trinajstić information content (AvgIpc) is 1.89. The van der Waals surface area contributed by atoms with Crippen LogP contribution < -0.4 is 0 Å². The smallest absolute Gasteiger partial charge is 0.304 e. The van der Waals surface area contributed by atoms with Crippen molar-refractivity contribution < 1.29 is 13.6 Å². The molecule has 0 aromatic heterocycles. The van der Waals surface area contributed by atoms with E-state index in [0.717, 1.165) is 12.8 Å². The zero-order valence-electron chi connectivity index (χ0n) is 6.24. The van der Waals surface area contributed by atoms with E-state index in [1.54, 1.807) is 0 Å². The number of unbranched alkanes of at least 4 members (excludes halogenated alkanes) is 1. The first-order chi connectivity index (χ1) is 4.62. The van der Waals surface area contributed by atoms with Crippen LogP contribution in [0.5, 0.6) is 0 Å². The van der Waals surface area contributed by atoms with Gasteiger partial charge in [0.25, 0.3) is 0 Å². The molecule has 0 N–H and O–H groups in total. The van der Waals surface area contributed by atoms with Crippen LogP contribution in [0.3, 0.4) is 0 Å². The molecule has 0 amide bonds. The Morgan fingerprint density at radius 2 is 2.20 bits per heavy atom. The van der Waals surface area contributed by atoms with E-state index in [0.29, 0.717) is 6.61 Å². The van der Waals surface area contributed by atoms with Crippen LogP contribution in [0.4, 0.5) is 0 Å². The lowest BCUT2D eigenvalue weighted by atomic mass is 10.4. The van der Waals surface area contributed by atoms with E-state index >= 15 is 0 Å². The highest BCUT2D eigenvalue weighted by atomic mass is 32.7. The van der Waals surface area contributed by atoms with Crippen molar-refractivity contribution in [3.05, 3.63) is 0 Å². The highest BCUT2D eigenvalue weighted by Crippen LogP contribution is 2.51. The number of hydrogen-bond acceptors (Lipinski definition) is 3. The molecule has 0 bridgehead atoms. The van der Waals surface area contributed by atoms with Crippen molar-refractivity contribution in [1.82, 2.24) is 0 Å². The van der Waals surface area contributed by atoms with Gasteiger partial charge in [-0.05, 0) is 6.42 Å². The SMILES string of the molecule is CCCCOP(=O)(S)OC. The molecular formula is C5H13O3PS. The monoisotopic (exact) mass is 184 g/mol. The molecule has 1 unspecified atom stereocenters. The average molecular weight is 184 g/mol. The van der Waals surface area contributed by atoms with Crippen LogP contribution in [0.2, 0.25) is 0 Å². The number of hydrogen-bond donors (Lipinski definition) is 1. The largest absolute Gasteiger partial charge is 0.385 e. The Labute approximate surface area is 66.8 Å². The zero-order valence-corrected chi connectivity index (χ0v) is 8.03. The summed E-state index contributed by atoms with van der Waals surface area (Å²) in [6, 6.07) is 0. The van der Waals surface area contributed by atoms with Crippen LogP contribution in [0.25, 0.3) is 0 Å². The van der Waals surface area contributed by atoms with Crippen molar-refractivity contribution in [2.75, 3.05) is 13.7 Å². The minimum atomic E-state index is -3.01. The summed E-state index contributed by atoms with van der Waals surface area (Å²) in [6.45, 7) is -0.532. The summed E-state index contributed by atoms with van der Waals surface area (Å²) >= 11 is 3.67. The summed E-state index contributed by atoms with van der Waals surface area (Å²) in [5.41, 5.74) is 0. The van der Waals surface area contributed by atoms with Gasteiger partial charge in [0.15, 0.2) is 0 Å². The van der Waals surface area contributed by atoms with Crippen LogP contribution in [0.1, 0.15) is 19.8 Å². The summed E-state index contributed by atoms with van der Waals surface area (Å²) in [5, 5.41) is 0. The van der Waals surface area contributed by atoms with Gasteiger partial charge in [0, 0.05) is 7.11 Å². The van der Waals surface area contributed by atoms with E-state index in [1.807, 2.05) is 6.92 Å². The fourth-order valence-corrected chi connectivity index (χ4v) is 1.09. The van der Waals surface area contributed by atoms with Crippen molar-refractivity contribution in [2.24, 2.45) is 0 Å². The topological polar surface area (TPSA) is 35.5 Å². The second kappa shape index (κ2) is 5.19. The van der Waals surface area contributed by atoms with Crippen molar-refractivity contribution >= 4 is 19.0 Å². The predicted octanol–water partition coefficient (Wildman–Crippen LogP) is 2.49. The van der Waals surface area contributed by atoms with Crippen LogP contribution in [-0.2, 0) is 13.6 Å². The third-order valence-corrected chi connectivity index (χ3v) is 2.79. The second-order valence-corrected chi connectivity index (χ2v) is 4.87. The number of rotatable bonds is 5. The molecule has 0 heterocycles. The lowest BCUT2D eigenvalue weighted by Gasteiger charge is -2.08. The Morgan fingerprint density at radius 1 is 1.60 bits per heavy atom. The second-order valence-electron chi connectivity index (χ2n) is 1.84. The van der Waals surface area contributed by atoms with Gasteiger partial charge in [-0.15, -0.1) is 0 Å². The maximum Gasteiger partial charge on any atom is 0.385 e. The standard InChI is InChI=1S/C5H13O3PS/c1-3-4-5-8-9(6,10)7-2/h3-5H2,1-2H3,(H,6,10). The van der Waals surface area contributed by atoms with Crippen molar-refractivity contribution in [2.45, 2.75) is 19.8 Å². The Kier molecular flexibility index (Phi) is 5.45. The molecule has 3 nitrogen and oxygen atoms in total. The summed E-state index contributed by atoms with van der Waals surface area (Å²) in [4.78, 5) is 0. The summed E-state index contributed by atoms with van der Waals surface area (Å²) in [5.74, 6) is 0. The molecule has 0 saturated carbocycles. The van der Waals surface area contributed by atoms with Crippen LogP contribution in [-0.4, -0.2) is 13.7 Å². The minimum absolute atomic E-state index is 0.450. The van der Waals surface area contributed by atoms with Gasteiger partial charge in [0.1, 0.15) is 0 Å². The highest BCUT2D eigenvalue weighted by Gasteiger charge is 2.14. The van der Waals surface area contributed by atoms with Crippen molar-refractivity contribution in [3.8, 4) is 0 Å². The molecule has 5 heteroatoms. The van der Waals surface area contributed by atoms with Gasteiger partial charge >= 0.3 is 6.80 Å². The molecule has 10 heavy (non-hydrogen) atoms. The van der Waals surface area contributed by atoms with Gasteiger partial charge in [0.05, 0.1) is 6.61 Å². The molecule has 0 saturated heterocycles. The first kappa shape index (κ1) is 10.5. The van der Waals surface area contributed by atoms with E-state index in [2.05, 4.69) is 16.8 Å². The third kappa shape index (κ3) is 5.30. The first-order valence-electron chi connectivity index (χ1n) is 3.15. The van der Waals surface area contributed by atoms with Crippen LogP contribution in [0, 0.1) is 0 Å². The van der Waals surface area contributed by atoms with E-state index in [1.165, 1.54) is 7.11 Å². The highest BCUT2D eigenvalue weighted by molar-refractivity contribution is 8.44. The summed E-state index contributed by atoms with van der Waals surface area (Å²) in [7, 11) is 1.32. The molecule has 0 spiro atoms. The fraction of sp³-hybridized carbons (Fsp3) is 1.00. The molecular weight excluding hydrogens is 171 g/mol. The molecule has 0 aliphatic heterocycles. The van der Waals surface area contributed by atoms with Gasteiger partial charge in [-0.25, -0.2) is 4.57 Å². The molecule has 0 fully saturated rings. The molecule has 62 valence electrons. The van der Waals surface area contributed by atoms with E-state index in [9.17, 15) is 4.57 Å². The third-order valence-electron chi connectivity index (χ3n) is 0.983. The summed E-state index contributed by atoms with van der Waals surface area (Å²) < 4.78 is 20.2. The Balaban J connectivity index is 3.38. The zero-order chi connectivity index (χ0) is 8.04. The van der Waals surface area contributed by atoms with Crippen molar-refractivity contribution in [1.29, 1.82) is 0 Å². The van der Waals surface area contributed by atoms with Crippen molar-refractivity contribution in [3.63, 3.8) is 0 Å². The van der Waals surface area contributed by atoms with E-state index < -0.39 is 6.80 Å². The predicted molar refractivity (Wildman–Crippen MR) is 44.5 cm³/mol. The molecule has 0 aliphatic carbocycles. The molecule has 0 radical (unpaired) electrons. The first-order valence-corrected chi connectivity index (χ1v) is 5.85. The van der Waals surface area contributed by atoms with E-state index in [4.69, 9.17) is 4.52 Å². The lowest BCUT2D eigenvalue weighted by Crippen LogP contribution is -1.89. The Morgan fingerprint density at radius 3 is 2.60 bits per heavy atom. The maximum absolute atomic E-state index is 10.9. The minimum Gasteiger partial charge on any atom is -0.304 e. The molecule has 1 atom stereocenters. The van der Waals surface area contributed by atoms with Gasteiger partial charge in [0.2, 0.25) is 0 Å². The Hall–Kier alpha value is 0.500. The fourth-order valence-electron chi connectivity index (χ4n) is 0.377.